The van der Waals surface area contributed by atoms with Crippen LogP contribution in [-0.2, 0) is 4.74 Å². The first-order valence-corrected chi connectivity index (χ1v) is 5.62. The topological polar surface area (TPSA) is 61.3 Å². The maximum atomic E-state index is 11.7. The third-order valence-corrected chi connectivity index (χ3v) is 2.84. The Morgan fingerprint density at radius 3 is 2.31 bits per heavy atom. The van der Waals surface area contributed by atoms with E-state index in [9.17, 15) is 4.79 Å². The zero-order chi connectivity index (χ0) is 10.5. The zero-order valence-electron chi connectivity index (χ0n) is 9.52. The Labute approximate surface area is 96.4 Å². The van der Waals surface area contributed by atoms with Crippen LogP contribution in [0.3, 0.4) is 0 Å². The van der Waals surface area contributed by atoms with Crippen LogP contribution in [0.1, 0.15) is 42.5 Å². The Morgan fingerprint density at radius 2 is 1.69 bits per heavy atom. The van der Waals surface area contributed by atoms with Crippen LogP contribution < -0.4 is 6.15 Å². The van der Waals surface area contributed by atoms with E-state index in [0.717, 1.165) is 12.8 Å². The van der Waals surface area contributed by atoms with Gasteiger partial charge in [0.25, 0.3) is 0 Å². The van der Waals surface area contributed by atoms with Gasteiger partial charge in [0.1, 0.15) is 6.10 Å². The van der Waals surface area contributed by atoms with Crippen LogP contribution in [0.25, 0.3) is 0 Å². The van der Waals surface area contributed by atoms with Gasteiger partial charge in [-0.25, -0.2) is 4.79 Å². The molecule has 16 heavy (non-hydrogen) atoms. The first-order chi connectivity index (χ1) is 7.36. The molecule has 0 bridgehead atoms. The van der Waals surface area contributed by atoms with E-state index >= 15 is 0 Å². The van der Waals surface area contributed by atoms with Crippen molar-refractivity contribution < 1.29 is 9.53 Å². The van der Waals surface area contributed by atoms with E-state index in [1.807, 2.05) is 18.2 Å². The van der Waals surface area contributed by atoms with Crippen LogP contribution >= 0.6 is 0 Å². The number of hydrogen-bond acceptors (Lipinski definition) is 3. The predicted octanol–water partition coefficient (Wildman–Crippen LogP) is 3.34. The van der Waals surface area contributed by atoms with Gasteiger partial charge < -0.3 is 10.9 Å². The van der Waals surface area contributed by atoms with Crippen molar-refractivity contribution in [3.8, 4) is 0 Å². The van der Waals surface area contributed by atoms with Crippen LogP contribution in [0, 0.1) is 0 Å². The minimum absolute atomic E-state index is 0. The molecule has 3 N–H and O–H groups in total. The molecule has 0 atom stereocenters. The lowest BCUT2D eigenvalue weighted by molar-refractivity contribution is 0.0211. The van der Waals surface area contributed by atoms with Gasteiger partial charge in [-0.1, -0.05) is 24.6 Å². The van der Waals surface area contributed by atoms with E-state index in [0.29, 0.717) is 5.56 Å². The smallest absolute Gasteiger partial charge is 0.338 e. The van der Waals surface area contributed by atoms with Crippen molar-refractivity contribution in [2.75, 3.05) is 0 Å². The highest BCUT2D eigenvalue weighted by Gasteiger charge is 2.18. The SMILES string of the molecule is N.O=C(OC1CCCCC1)c1ccccc1. The van der Waals surface area contributed by atoms with Crippen molar-refractivity contribution in [3.63, 3.8) is 0 Å². The molecule has 1 fully saturated rings. The largest absolute Gasteiger partial charge is 0.459 e. The Morgan fingerprint density at radius 1 is 1.06 bits per heavy atom. The molecule has 3 heteroatoms. The summed E-state index contributed by atoms with van der Waals surface area (Å²) in [4.78, 5) is 11.7. The van der Waals surface area contributed by atoms with Crippen LogP contribution in [-0.4, -0.2) is 12.1 Å². The third-order valence-electron chi connectivity index (χ3n) is 2.84. The van der Waals surface area contributed by atoms with E-state index in [2.05, 4.69) is 0 Å². The van der Waals surface area contributed by atoms with Crippen molar-refractivity contribution in [2.24, 2.45) is 0 Å². The fourth-order valence-corrected chi connectivity index (χ4v) is 1.98. The monoisotopic (exact) mass is 221 g/mol. The summed E-state index contributed by atoms with van der Waals surface area (Å²) < 4.78 is 5.44. The van der Waals surface area contributed by atoms with E-state index in [-0.39, 0.29) is 18.2 Å². The van der Waals surface area contributed by atoms with Gasteiger partial charge in [-0.15, -0.1) is 0 Å². The molecule has 0 amide bonds. The molecule has 1 aliphatic rings. The highest BCUT2D eigenvalue weighted by Crippen LogP contribution is 2.21. The number of rotatable bonds is 2. The van der Waals surface area contributed by atoms with Crippen molar-refractivity contribution in [2.45, 2.75) is 38.2 Å². The summed E-state index contributed by atoms with van der Waals surface area (Å²) in [6.07, 6.45) is 5.85. The number of carbonyl (C=O) groups excluding carboxylic acids is 1. The van der Waals surface area contributed by atoms with Gasteiger partial charge in [0.2, 0.25) is 0 Å². The summed E-state index contributed by atoms with van der Waals surface area (Å²) in [5.41, 5.74) is 0.656. The number of benzene rings is 1. The van der Waals surface area contributed by atoms with Gasteiger partial charge in [0.05, 0.1) is 5.56 Å². The summed E-state index contributed by atoms with van der Waals surface area (Å²) in [6.45, 7) is 0. The predicted molar refractivity (Wildman–Crippen MR) is 63.8 cm³/mol. The van der Waals surface area contributed by atoms with Gasteiger partial charge in [0.15, 0.2) is 0 Å². The second-order valence-electron chi connectivity index (χ2n) is 4.03. The standard InChI is InChI=1S/C13H16O2.H3N/c14-13(11-7-3-1-4-8-11)15-12-9-5-2-6-10-12;/h1,3-4,7-8,12H,2,5-6,9-10H2;1H3. The molecule has 1 aromatic rings. The minimum atomic E-state index is -0.178. The number of carbonyl (C=O) groups is 1. The average Bonchev–Trinajstić information content (AvgIpc) is 2.31. The molecule has 0 aromatic heterocycles. The molecule has 88 valence electrons. The molecule has 1 aliphatic carbocycles. The highest BCUT2D eigenvalue weighted by molar-refractivity contribution is 5.89. The lowest BCUT2D eigenvalue weighted by Crippen LogP contribution is -2.20. The molecule has 1 aromatic carbocycles. The zero-order valence-corrected chi connectivity index (χ0v) is 9.52. The van der Waals surface area contributed by atoms with Crippen LogP contribution in [0.4, 0.5) is 0 Å². The van der Waals surface area contributed by atoms with Crippen LogP contribution in [0.15, 0.2) is 30.3 Å². The number of hydrogen-bond donors (Lipinski definition) is 1. The molecule has 0 heterocycles. The van der Waals surface area contributed by atoms with E-state index in [1.54, 1.807) is 12.1 Å². The summed E-state index contributed by atoms with van der Waals surface area (Å²) in [5.74, 6) is -0.178. The molecule has 0 spiro atoms. The first kappa shape index (κ1) is 12.7. The minimum Gasteiger partial charge on any atom is -0.459 e. The van der Waals surface area contributed by atoms with Gasteiger partial charge >= 0.3 is 5.97 Å². The second kappa shape index (κ2) is 6.28. The molecule has 0 unspecified atom stereocenters. The van der Waals surface area contributed by atoms with Gasteiger partial charge in [-0.3, -0.25) is 0 Å². The summed E-state index contributed by atoms with van der Waals surface area (Å²) in [6, 6.07) is 9.21. The summed E-state index contributed by atoms with van der Waals surface area (Å²) in [7, 11) is 0. The van der Waals surface area contributed by atoms with Gasteiger partial charge in [0, 0.05) is 0 Å². The Bertz CT molecular complexity index is 318. The maximum absolute atomic E-state index is 11.7. The summed E-state index contributed by atoms with van der Waals surface area (Å²) >= 11 is 0. The molecule has 2 rings (SSSR count). The number of esters is 1. The molecule has 3 nitrogen and oxygen atoms in total. The van der Waals surface area contributed by atoms with Crippen LogP contribution in [0.2, 0.25) is 0 Å². The fourth-order valence-electron chi connectivity index (χ4n) is 1.98. The van der Waals surface area contributed by atoms with E-state index < -0.39 is 0 Å². The Balaban J connectivity index is 0.00000128. The lowest BCUT2D eigenvalue weighted by Gasteiger charge is -2.21. The molecular formula is C13H19NO2. The maximum Gasteiger partial charge on any atom is 0.338 e. The average molecular weight is 221 g/mol. The fraction of sp³-hybridized carbons (Fsp3) is 0.462. The first-order valence-electron chi connectivity index (χ1n) is 5.62. The quantitative estimate of drug-likeness (QED) is 0.779. The Hall–Kier alpha value is -1.35. The normalized spacial score (nSPS) is 16.2. The molecule has 0 saturated heterocycles. The molecule has 0 aliphatic heterocycles. The second-order valence-corrected chi connectivity index (χ2v) is 4.03. The van der Waals surface area contributed by atoms with E-state index in [1.165, 1.54) is 19.3 Å². The molecule has 0 radical (unpaired) electrons. The van der Waals surface area contributed by atoms with Gasteiger partial charge in [-0.05, 0) is 37.8 Å². The molecule has 1 saturated carbocycles. The van der Waals surface area contributed by atoms with E-state index in [4.69, 9.17) is 4.74 Å². The summed E-state index contributed by atoms with van der Waals surface area (Å²) in [5, 5.41) is 0. The van der Waals surface area contributed by atoms with Gasteiger partial charge in [-0.2, -0.15) is 0 Å². The number of ether oxygens (including phenoxy) is 1. The third kappa shape index (κ3) is 3.35. The van der Waals surface area contributed by atoms with Crippen molar-refractivity contribution >= 4 is 5.97 Å². The van der Waals surface area contributed by atoms with Crippen molar-refractivity contribution in [3.05, 3.63) is 35.9 Å². The molecular weight excluding hydrogens is 202 g/mol. The highest BCUT2D eigenvalue weighted by atomic mass is 16.5. The van der Waals surface area contributed by atoms with Crippen molar-refractivity contribution in [1.29, 1.82) is 0 Å². The lowest BCUT2D eigenvalue weighted by atomic mass is 9.98. The Kier molecular flexibility index (Phi) is 4.99. The van der Waals surface area contributed by atoms with Crippen molar-refractivity contribution in [1.82, 2.24) is 6.15 Å². The van der Waals surface area contributed by atoms with Crippen LogP contribution in [0.5, 0.6) is 0 Å².